The normalized spacial score (nSPS) is 17.6. The number of benzene rings is 1. The molecule has 1 aromatic carbocycles. The number of aliphatic hydroxyl groups excluding tert-OH is 1. The summed E-state index contributed by atoms with van der Waals surface area (Å²) in [5, 5.41) is 12.7. The molecule has 1 aliphatic carbocycles. The van der Waals surface area contributed by atoms with Gasteiger partial charge >= 0.3 is 5.76 Å². The molecule has 0 spiro atoms. The molecule has 1 heterocycles. The van der Waals surface area contributed by atoms with Crippen molar-refractivity contribution in [3.05, 3.63) is 28.7 Å². The minimum absolute atomic E-state index is 0.0357. The van der Waals surface area contributed by atoms with Gasteiger partial charge in [0.2, 0.25) is 0 Å². The number of anilines is 1. The van der Waals surface area contributed by atoms with E-state index in [0.29, 0.717) is 11.1 Å². The molecule has 3 N–H and O–H groups in total. The fourth-order valence-corrected chi connectivity index (χ4v) is 2.41. The van der Waals surface area contributed by atoms with Crippen LogP contribution in [0.1, 0.15) is 19.3 Å². The lowest BCUT2D eigenvalue weighted by molar-refractivity contribution is 0.0576. The van der Waals surface area contributed by atoms with E-state index in [-0.39, 0.29) is 12.0 Å². The molecule has 5 nitrogen and oxygen atoms in total. The predicted octanol–water partition coefficient (Wildman–Crippen LogP) is 1.70. The van der Waals surface area contributed by atoms with E-state index in [9.17, 15) is 9.90 Å². The number of H-pyrrole nitrogens is 1. The summed E-state index contributed by atoms with van der Waals surface area (Å²) in [6, 6.07) is 5.52. The minimum Gasteiger partial charge on any atom is -0.408 e. The summed E-state index contributed by atoms with van der Waals surface area (Å²) < 4.78 is 5.01. The predicted molar refractivity (Wildman–Crippen MR) is 68.7 cm³/mol. The summed E-state index contributed by atoms with van der Waals surface area (Å²) in [5.41, 5.74) is 2.20. The molecule has 3 rings (SSSR count). The summed E-state index contributed by atoms with van der Waals surface area (Å²) in [7, 11) is 0. The van der Waals surface area contributed by atoms with E-state index in [1.54, 1.807) is 6.07 Å². The van der Waals surface area contributed by atoms with Gasteiger partial charge in [0.25, 0.3) is 0 Å². The molecule has 0 atom stereocenters. The number of rotatable bonds is 4. The van der Waals surface area contributed by atoms with Crippen LogP contribution in [0.25, 0.3) is 11.1 Å². The van der Waals surface area contributed by atoms with Crippen molar-refractivity contribution >= 4 is 16.8 Å². The third-order valence-electron chi connectivity index (χ3n) is 3.84. The van der Waals surface area contributed by atoms with Crippen LogP contribution in [0.15, 0.2) is 27.4 Å². The molecule has 0 unspecified atom stereocenters. The SMILES string of the molecule is O=c1[nH]c2ccc(NCC3(CO)CCC3)cc2o1. The van der Waals surface area contributed by atoms with E-state index in [0.717, 1.165) is 25.1 Å². The van der Waals surface area contributed by atoms with Crippen LogP contribution < -0.4 is 11.1 Å². The Labute approximate surface area is 104 Å². The van der Waals surface area contributed by atoms with Crippen LogP contribution in [0.3, 0.4) is 0 Å². The lowest BCUT2D eigenvalue weighted by Crippen LogP contribution is -2.39. The molecule has 1 aromatic heterocycles. The van der Waals surface area contributed by atoms with Crippen LogP contribution in [0, 0.1) is 5.41 Å². The number of hydrogen-bond acceptors (Lipinski definition) is 4. The Morgan fingerprint density at radius 1 is 1.44 bits per heavy atom. The Morgan fingerprint density at radius 3 is 2.94 bits per heavy atom. The first kappa shape index (κ1) is 11.3. The number of hydrogen-bond donors (Lipinski definition) is 3. The van der Waals surface area contributed by atoms with Crippen molar-refractivity contribution in [2.24, 2.45) is 5.41 Å². The van der Waals surface area contributed by atoms with Gasteiger partial charge in [0.1, 0.15) is 0 Å². The van der Waals surface area contributed by atoms with Crippen molar-refractivity contribution in [3.8, 4) is 0 Å². The molecule has 5 heteroatoms. The van der Waals surface area contributed by atoms with Gasteiger partial charge in [-0.2, -0.15) is 0 Å². The van der Waals surface area contributed by atoms with E-state index in [4.69, 9.17) is 4.42 Å². The Kier molecular flexibility index (Phi) is 2.63. The highest BCUT2D eigenvalue weighted by molar-refractivity contribution is 5.76. The molecule has 96 valence electrons. The highest BCUT2D eigenvalue weighted by Crippen LogP contribution is 2.40. The van der Waals surface area contributed by atoms with Gasteiger partial charge in [0, 0.05) is 23.7 Å². The second-order valence-electron chi connectivity index (χ2n) is 5.09. The summed E-state index contributed by atoms with van der Waals surface area (Å²) >= 11 is 0. The third kappa shape index (κ3) is 1.90. The molecule has 0 bridgehead atoms. The van der Waals surface area contributed by atoms with E-state index in [1.807, 2.05) is 12.1 Å². The van der Waals surface area contributed by atoms with Crippen molar-refractivity contribution < 1.29 is 9.52 Å². The first-order valence-corrected chi connectivity index (χ1v) is 6.18. The number of fused-ring (bicyclic) bond motifs is 1. The van der Waals surface area contributed by atoms with Crippen LogP contribution in [0.2, 0.25) is 0 Å². The topological polar surface area (TPSA) is 78.3 Å². The first-order chi connectivity index (χ1) is 8.71. The number of aromatic nitrogens is 1. The Hall–Kier alpha value is -1.75. The molecule has 0 radical (unpaired) electrons. The van der Waals surface area contributed by atoms with Gasteiger partial charge in [-0.3, -0.25) is 4.98 Å². The van der Waals surface area contributed by atoms with Crippen molar-refractivity contribution in [2.75, 3.05) is 18.5 Å². The van der Waals surface area contributed by atoms with Gasteiger partial charge in [-0.15, -0.1) is 0 Å². The lowest BCUT2D eigenvalue weighted by atomic mass is 9.69. The van der Waals surface area contributed by atoms with E-state index >= 15 is 0 Å². The maximum absolute atomic E-state index is 11.0. The van der Waals surface area contributed by atoms with E-state index < -0.39 is 5.76 Å². The van der Waals surface area contributed by atoms with Crippen molar-refractivity contribution in [2.45, 2.75) is 19.3 Å². The highest BCUT2D eigenvalue weighted by atomic mass is 16.4. The second kappa shape index (κ2) is 4.17. The van der Waals surface area contributed by atoms with Crippen LogP contribution in [-0.2, 0) is 0 Å². The van der Waals surface area contributed by atoms with Gasteiger partial charge in [0.05, 0.1) is 12.1 Å². The van der Waals surface area contributed by atoms with Crippen LogP contribution >= 0.6 is 0 Å². The van der Waals surface area contributed by atoms with Gasteiger partial charge in [-0.1, -0.05) is 6.42 Å². The molecule has 0 saturated heterocycles. The van der Waals surface area contributed by atoms with Crippen LogP contribution in [0.4, 0.5) is 5.69 Å². The number of aromatic amines is 1. The fourth-order valence-electron chi connectivity index (χ4n) is 2.41. The smallest absolute Gasteiger partial charge is 0.408 e. The average molecular weight is 248 g/mol. The standard InChI is InChI=1S/C13H16N2O3/c16-8-13(4-1-5-13)7-14-9-2-3-10-11(6-9)18-12(17)15-10/h2-3,6,14,16H,1,4-5,7-8H2,(H,15,17). The molecule has 0 aliphatic heterocycles. The van der Waals surface area contributed by atoms with Gasteiger partial charge in [-0.05, 0) is 25.0 Å². The summed E-state index contributed by atoms with van der Waals surface area (Å²) in [6.45, 7) is 0.977. The van der Waals surface area contributed by atoms with Gasteiger partial charge < -0.3 is 14.8 Å². The zero-order valence-corrected chi connectivity index (χ0v) is 10.0. The molecule has 2 aromatic rings. The Balaban J connectivity index is 1.76. The van der Waals surface area contributed by atoms with Gasteiger partial charge in [0.15, 0.2) is 5.58 Å². The van der Waals surface area contributed by atoms with Crippen LogP contribution in [-0.4, -0.2) is 23.2 Å². The quantitative estimate of drug-likeness (QED) is 0.769. The molecule has 1 aliphatic rings. The van der Waals surface area contributed by atoms with E-state index in [1.165, 1.54) is 6.42 Å². The molecule has 1 fully saturated rings. The average Bonchev–Trinajstić information content (AvgIpc) is 2.67. The van der Waals surface area contributed by atoms with E-state index in [2.05, 4.69) is 10.3 Å². The number of oxazole rings is 1. The summed E-state index contributed by atoms with van der Waals surface area (Å²) in [5.74, 6) is -0.437. The summed E-state index contributed by atoms with van der Waals surface area (Å²) in [4.78, 5) is 13.6. The number of nitrogens with one attached hydrogen (secondary N) is 2. The van der Waals surface area contributed by atoms with Crippen molar-refractivity contribution in [1.29, 1.82) is 0 Å². The zero-order valence-electron chi connectivity index (χ0n) is 10.0. The maximum atomic E-state index is 11.0. The third-order valence-corrected chi connectivity index (χ3v) is 3.84. The number of aliphatic hydroxyl groups is 1. The lowest BCUT2D eigenvalue weighted by Gasteiger charge is -2.40. The molecule has 1 saturated carbocycles. The molecular weight excluding hydrogens is 232 g/mol. The van der Waals surface area contributed by atoms with Crippen molar-refractivity contribution in [3.63, 3.8) is 0 Å². The first-order valence-electron chi connectivity index (χ1n) is 6.18. The Morgan fingerprint density at radius 2 is 2.28 bits per heavy atom. The van der Waals surface area contributed by atoms with Gasteiger partial charge in [-0.25, -0.2) is 4.79 Å². The summed E-state index contributed by atoms with van der Waals surface area (Å²) in [6.07, 6.45) is 3.32. The largest absolute Gasteiger partial charge is 0.417 e. The molecule has 18 heavy (non-hydrogen) atoms. The monoisotopic (exact) mass is 248 g/mol. The fraction of sp³-hybridized carbons (Fsp3) is 0.462. The van der Waals surface area contributed by atoms with Crippen molar-refractivity contribution in [1.82, 2.24) is 4.98 Å². The maximum Gasteiger partial charge on any atom is 0.417 e. The van der Waals surface area contributed by atoms with Crippen LogP contribution in [0.5, 0.6) is 0 Å². The molecule has 0 amide bonds. The zero-order chi connectivity index (χ0) is 12.6. The second-order valence-corrected chi connectivity index (χ2v) is 5.09. The molecular formula is C13H16N2O3. The minimum atomic E-state index is -0.437. The Bertz CT molecular complexity index is 604. The highest BCUT2D eigenvalue weighted by Gasteiger charge is 2.35.